The molecular weight excluding hydrogens is 487 g/mol. The lowest BCUT2D eigenvalue weighted by molar-refractivity contribution is -0.121. The normalized spacial score (nSPS) is 11.4. The lowest BCUT2D eigenvalue weighted by Crippen LogP contribution is -2.39. The molecule has 0 aliphatic carbocycles. The molecule has 12 heteroatoms. The number of alkyl carbamates (subject to hydrolysis) is 1. The molecule has 188 valence electrons. The lowest BCUT2D eigenvalue weighted by Gasteiger charge is -2.19. The zero-order valence-corrected chi connectivity index (χ0v) is 20.8. The van der Waals surface area contributed by atoms with Gasteiger partial charge >= 0.3 is 6.09 Å². The molecule has 0 bridgehead atoms. The van der Waals surface area contributed by atoms with E-state index in [-0.39, 0.29) is 36.9 Å². The van der Waals surface area contributed by atoms with Gasteiger partial charge in [-0.1, -0.05) is 16.7 Å². The first-order valence-corrected chi connectivity index (χ1v) is 11.9. The summed E-state index contributed by atoms with van der Waals surface area (Å²) >= 11 is 1.17. The summed E-state index contributed by atoms with van der Waals surface area (Å²) in [6.07, 6.45) is 1.15. The maximum absolute atomic E-state index is 13.2. The summed E-state index contributed by atoms with van der Waals surface area (Å²) in [6, 6.07) is 11.2. The van der Waals surface area contributed by atoms with Gasteiger partial charge in [0.1, 0.15) is 23.7 Å². The van der Waals surface area contributed by atoms with Crippen LogP contribution in [0, 0.1) is 5.82 Å². The van der Waals surface area contributed by atoms with E-state index in [0.29, 0.717) is 21.5 Å². The molecule has 10 nitrogen and oxygen atoms in total. The molecule has 0 atom stereocenters. The van der Waals surface area contributed by atoms with E-state index < -0.39 is 11.7 Å². The van der Waals surface area contributed by atoms with Crippen LogP contribution in [0.15, 0.2) is 53.5 Å². The summed E-state index contributed by atoms with van der Waals surface area (Å²) in [5.41, 5.74) is 1.13. The van der Waals surface area contributed by atoms with Crippen molar-refractivity contribution in [3.05, 3.63) is 64.8 Å². The van der Waals surface area contributed by atoms with Crippen LogP contribution in [0.25, 0.3) is 27.0 Å². The number of nitrogens with zero attached hydrogens (tertiary/aromatic N) is 4. The average molecular weight is 513 g/mol. The van der Waals surface area contributed by atoms with E-state index in [1.807, 2.05) is 0 Å². The second-order valence-corrected chi connectivity index (χ2v) is 10.0. The van der Waals surface area contributed by atoms with Crippen molar-refractivity contribution in [3.63, 3.8) is 0 Å². The van der Waals surface area contributed by atoms with Crippen LogP contribution in [-0.4, -0.2) is 49.6 Å². The Kier molecular flexibility index (Phi) is 7.15. The SMILES string of the molecule is CC(C)(C)OC(=O)NCCNC(=O)Cn1sc2cc(-n3cc(-c4ccc(F)cc4)nn3)ccc2c1=O. The van der Waals surface area contributed by atoms with Crippen LogP contribution in [0.1, 0.15) is 20.8 Å². The maximum Gasteiger partial charge on any atom is 0.407 e. The maximum atomic E-state index is 13.2. The third kappa shape index (κ3) is 6.13. The van der Waals surface area contributed by atoms with E-state index >= 15 is 0 Å². The molecule has 0 aliphatic heterocycles. The Morgan fingerprint density at radius 2 is 1.81 bits per heavy atom. The Morgan fingerprint density at radius 1 is 1.08 bits per heavy atom. The Bertz CT molecular complexity index is 1450. The zero-order valence-electron chi connectivity index (χ0n) is 19.9. The minimum absolute atomic E-state index is 0.141. The van der Waals surface area contributed by atoms with E-state index in [2.05, 4.69) is 20.9 Å². The molecule has 0 unspecified atom stereocenters. The third-order valence-electron chi connectivity index (χ3n) is 4.93. The quantitative estimate of drug-likeness (QED) is 0.367. The second-order valence-electron chi connectivity index (χ2n) is 8.95. The van der Waals surface area contributed by atoms with Gasteiger partial charge < -0.3 is 15.4 Å². The fraction of sp³-hybridized carbons (Fsp3) is 0.292. The van der Waals surface area contributed by atoms with Crippen LogP contribution < -0.4 is 16.2 Å². The van der Waals surface area contributed by atoms with Gasteiger partial charge in [-0.3, -0.25) is 13.5 Å². The van der Waals surface area contributed by atoms with E-state index in [9.17, 15) is 18.8 Å². The predicted octanol–water partition coefficient (Wildman–Crippen LogP) is 3.09. The molecule has 0 aliphatic rings. The van der Waals surface area contributed by atoms with Gasteiger partial charge in [-0.05, 0) is 63.2 Å². The number of fused-ring (bicyclic) bond motifs is 1. The van der Waals surface area contributed by atoms with Crippen LogP contribution in [0.4, 0.5) is 9.18 Å². The summed E-state index contributed by atoms with van der Waals surface area (Å²) in [5.74, 6) is -0.683. The first-order chi connectivity index (χ1) is 17.1. The first kappa shape index (κ1) is 25.0. The second kappa shape index (κ2) is 10.3. The highest BCUT2D eigenvalue weighted by Crippen LogP contribution is 2.22. The molecule has 2 amide bonds. The third-order valence-corrected chi connectivity index (χ3v) is 5.98. The average Bonchev–Trinajstić information content (AvgIpc) is 3.41. The molecular formula is C24H25FN6O4S. The van der Waals surface area contributed by atoms with Crippen molar-refractivity contribution in [1.82, 2.24) is 29.6 Å². The van der Waals surface area contributed by atoms with Crippen LogP contribution in [0.2, 0.25) is 0 Å². The van der Waals surface area contributed by atoms with Gasteiger partial charge in [-0.15, -0.1) is 5.10 Å². The zero-order chi connectivity index (χ0) is 25.9. The number of nitrogens with one attached hydrogen (secondary N) is 2. The molecule has 2 N–H and O–H groups in total. The minimum Gasteiger partial charge on any atom is -0.444 e. The summed E-state index contributed by atoms with van der Waals surface area (Å²) in [6.45, 7) is 5.54. The summed E-state index contributed by atoms with van der Waals surface area (Å²) < 4.78 is 21.9. The van der Waals surface area contributed by atoms with Crippen molar-refractivity contribution < 1.29 is 18.7 Å². The molecule has 4 rings (SSSR count). The van der Waals surface area contributed by atoms with Crippen molar-refractivity contribution in [2.24, 2.45) is 0 Å². The summed E-state index contributed by atoms with van der Waals surface area (Å²) in [4.78, 5) is 36.7. The van der Waals surface area contributed by atoms with Gasteiger partial charge in [0.25, 0.3) is 5.56 Å². The topological polar surface area (TPSA) is 120 Å². The van der Waals surface area contributed by atoms with E-state index in [1.54, 1.807) is 62.0 Å². The van der Waals surface area contributed by atoms with Crippen molar-refractivity contribution in [2.75, 3.05) is 13.1 Å². The number of carbonyl (C=O) groups is 2. The minimum atomic E-state index is -0.603. The smallest absolute Gasteiger partial charge is 0.407 e. The highest BCUT2D eigenvalue weighted by atomic mass is 32.1. The van der Waals surface area contributed by atoms with Gasteiger partial charge in [-0.25, -0.2) is 13.9 Å². The van der Waals surface area contributed by atoms with Crippen LogP contribution in [0.3, 0.4) is 0 Å². The van der Waals surface area contributed by atoms with Gasteiger partial charge in [0.2, 0.25) is 5.91 Å². The number of ether oxygens (including phenoxy) is 1. The molecule has 0 fully saturated rings. The molecule has 2 aromatic heterocycles. The van der Waals surface area contributed by atoms with Crippen molar-refractivity contribution in [3.8, 4) is 16.9 Å². The monoisotopic (exact) mass is 512 g/mol. The number of carbonyl (C=O) groups excluding carboxylic acids is 2. The van der Waals surface area contributed by atoms with Gasteiger partial charge in [0.05, 0.1) is 22.0 Å². The number of aromatic nitrogens is 4. The van der Waals surface area contributed by atoms with Gasteiger partial charge in [-0.2, -0.15) is 0 Å². The molecule has 2 aromatic carbocycles. The van der Waals surface area contributed by atoms with Gasteiger partial charge in [0, 0.05) is 18.7 Å². The molecule has 0 saturated heterocycles. The van der Waals surface area contributed by atoms with Crippen LogP contribution in [0.5, 0.6) is 0 Å². The number of hydrogen-bond donors (Lipinski definition) is 2. The highest BCUT2D eigenvalue weighted by Gasteiger charge is 2.16. The predicted molar refractivity (Wildman–Crippen MR) is 134 cm³/mol. The first-order valence-electron chi connectivity index (χ1n) is 11.2. The Morgan fingerprint density at radius 3 is 2.53 bits per heavy atom. The lowest BCUT2D eigenvalue weighted by atomic mass is 10.2. The number of rotatable bonds is 7. The molecule has 36 heavy (non-hydrogen) atoms. The fourth-order valence-corrected chi connectivity index (χ4v) is 4.34. The molecule has 2 heterocycles. The van der Waals surface area contributed by atoms with Gasteiger partial charge in [0.15, 0.2) is 0 Å². The van der Waals surface area contributed by atoms with Crippen molar-refractivity contribution >= 4 is 33.6 Å². The summed E-state index contributed by atoms with van der Waals surface area (Å²) in [7, 11) is 0. The van der Waals surface area contributed by atoms with Crippen LogP contribution in [-0.2, 0) is 16.1 Å². The fourth-order valence-electron chi connectivity index (χ4n) is 3.31. The van der Waals surface area contributed by atoms with E-state index in [4.69, 9.17) is 4.74 Å². The molecule has 0 saturated carbocycles. The molecule has 0 radical (unpaired) electrons. The number of amides is 2. The number of hydrogen-bond acceptors (Lipinski definition) is 7. The number of benzene rings is 2. The van der Waals surface area contributed by atoms with Crippen LogP contribution >= 0.6 is 11.5 Å². The molecule has 0 spiro atoms. The standard InChI is InChI=1S/C24H25FN6O4S/c1-24(2,3)35-23(34)27-11-10-26-21(32)14-31-22(33)18-9-8-17(12-20(18)36-31)30-13-19(28-29-30)15-4-6-16(25)7-5-15/h4-9,12-13H,10-11,14H2,1-3H3,(H,26,32)(H,27,34). The Hall–Kier alpha value is -4.06. The largest absolute Gasteiger partial charge is 0.444 e. The summed E-state index contributed by atoms with van der Waals surface area (Å²) in [5, 5.41) is 14.0. The highest BCUT2D eigenvalue weighted by molar-refractivity contribution is 7.13. The Labute approximate surface area is 209 Å². The van der Waals surface area contributed by atoms with E-state index in [0.717, 1.165) is 5.56 Å². The van der Waals surface area contributed by atoms with E-state index in [1.165, 1.54) is 27.6 Å². The van der Waals surface area contributed by atoms with Crippen molar-refractivity contribution in [1.29, 1.82) is 0 Å². The Balaban J connectivity index is 1.39. The molecule has 4 aromatic rings. The van der Waals surface area contributed by atoms with Crippen molar-refractivity contribution in [2.45, 2.75) is 32.9 Å². The number of halogens is 1.